The van der Waals surface area contributed by atoms with Crippen LogP contribution in [-0.4, -0.2) is 40.1 Å². The fraction of sp³-hybridized carbons (Fsp3) is 1.00. The monoisotopic (exact) mass is 162 g/mol. The Morgan fingerprint density at radius 2 is 1.64 bits per heavy atom. The lowest BCUT2D eigenvalue weighted by Gasteiger charge is -2.15. The van der Waals surface area contributed by atoms with Crippen LogP contribution in [0, 0.1) is 0 Å². The van der Waals surface area contributed by atoms with Gasteiger partial charge < -0.3 is 14.2 Å². The van der Waals surface area contributed by atoms with E-state index in [1.807, 2.05) is 0 Å². The van der Waals surface area contributed by atoms with Crippen LogP contribution < -0.4 is 0 Å². The first-order chi connectivity index (χ1) is 5.35. The molecule has 0 aromatic rings. The zero-order valence-corrected chi connectivity index (χ0v) is 7.63. The Labute approximate surface area is 68.6 Å². The molecule has 0 aromatic carbocycles. The standard InChI is InChI=1S/C8H18O3/c1-4-5-11-8(6-9-2)7-10-3/h8H,4-7H2,1-3H3. The van der Waals surface area contributed by atoms with Gasteiger partial charge in [0.15, 0.2) is 0 Å². The van der Waals surface area contributed by atoms with Crippen LogP contribution in [0.2, 0.25) is 0 Å². The fourth-order valence-electron chi connectivity index (χ4n) is 0.801. The van der Waals surface area contributed by atoms with E-state index in [9.17, 15) is 0 Å². The molecule has 0 fully saturated rings. The summed E-state index contributed by atoms with van der Waals surface area (Å²) in [5.41, 5.74) is 0. The highest BCUT2D eigenvalue weighted by atomic mass is 16.6. The first kappa shape index (κ1) is 10.9. The van der Waals surface area contributed by atoms with Gasteiger partial charge in [0.25, 0.3) is 0 Å². The lowest BCUT2D eigenvalue weighted by Crippen LogP contribution is -2.24. The van der Waals surface area contributed by atoms with E-state index in [0.717, 1.165) is 13.0 Å². The molecule has 0 heterocycles. The van der Waals surface area contributed by atoms with Gasteiger partial charge in [0.2, 0.25) is 0 Å². The predicted molar refractivity (Wildman–Crippen MR) is 43.8 cm³/mol. The van der Waals surface area contributed by atoms with Gasteiger partial charge in [0.05, 0.1) is 13.2 Å². The molecule has 0 spiro atoms. The Balaban J connectivity index is 3.34. The molecule has 0 bridgehead atoms. The second kappa shape index (κ2) is 7.98. The smallest absolute Gasteiger partial charge is 0.104 e. The van der Waals surface area contributed by atoms with Crippen molar-refractivity contribution in [2.24, 2.45) is 0 Å². The molecule has 0 saturated carbocycles. The van der Waals surface area contributed by atoms with Crippen LogP contribution >= 0.6 is 0 Å². The fourth-order valence-corrected chi connectivity index (χ4v) is 0.801. The largest absolute Gasteiger partial charge is 0.382 e. The average Bonchev–Trinajstić information content (AvgIpc) is 2.01. The van der Waals surface area contributed by atoms with Gasteiger partial charge in [-0.15, -0.1) is 0 Å². The second-order valence-corrected chi connectivity index (χ2v) is 2.40. The van der Waals surface area contributed by atoms with Crippen LogP contribution in [0.15, 0.2) is 0 Å². The molecular formula is C8H18O3. The first-order valence-electron chi connectivity index (χ1n) is 3.94. The summed E-state index contributed by atoms with van der Waals surface area (Å²) in [4.78, 5) is 0. The third-order valence-corrected chi connectivity index (χ3v) is 1.26. The first-order valence-corrected chi connectivity index (χ1v) is 3.94. The quantitative estimate of drug-likeness (QED) is 0.560. The Morgan fingerprint density at radius 3 is 2.00 bits per heavy atom. The van der Waals surface area contributed by atoms with E-state index in [0.29, 0.717) is 13.2 Å². The molecule has 0 radical (unpaired) electrons. The summed E-state index contributed by atoms with van der Waals surface area (Å²) in [5, 5.41) is 0. The highest BCUT2D eigenvalue weighted by molar-refractivity contribution is 4.53. The van der Waals surface area contributed by atoms with Crippen molar-refractivity contribution in [2.75, 3.05) is 34.0 Å². The lowest BCUT2D eigenvalue weighted by molar-refractivity contribution is -0.0408. The Bertz CT molecular complexity index is 69.7. The summed E-state index contributed by atoms with van der Waals surface area (Å²) in [7, 11) is 3.33. The molecule has 0 aromatic heterocycles. The maximum Gasteiger partial charge on any atom is 0.104 e. The number of hydrogen-bond donors (Lipinski definition) is 0. The van der Waals surface area contributed by atoms with Crippen molar-refractivity contribution in [1.29, 1.82) is 0 Å². The van der Waals surface area contributed by atoms with Crippen LogP contribution in [0.4, 0.5) is 0 Å². The second-order valence-electron chi connectivity index (χ2n) is 2.40. The molecule has 68 valence electrons. The maximum atomic E-state index is 5.42. The van der Waals surface area contributed by atoms with E-state index in [1.165, 1.54) is 0 Å². The average molecular weight is 162 g/mol. The van der Waals surface area contributed by atoms with E-state index in [2.05, 4.69) is 6.92 Å². The molecule has 0 aliphatic carbocycles. The van der Waals surface area contributed by atoms with Gasteiger partial charge in [0, 0.05) is 20.8 Å². The van der Waals surface area contributed by atoms with Crippen LogP contribution in [0.5, 0.6) is 0 Å². The van der Waals surface area contributed by atoms with Crippen LogP contribution in [0.3, 0.4) is 0 Å². The summed E-state index contributed by atoms with van der Waals surface area (Å²) in [6.07, 6.45) is 1.12. The van der Waals surface area contributed by atoms with Gasteiger partial charge in [-0.3, -0.25) is 0 Å². The molecule has 3 heteroatoms. The Kier molecular flexibility index (Phi) is 7.89. The summed E-state index contributed by atoms with van der Waals surface area (Å²) in [6, 6.07) is 0. The highest BCUT2D eigenvalue weighted by Gasteiger charge is 2.06. The van der Waals surface area contributed by atoms with Crippen molar-refractivity contribution in [3.63, 3.8) is 0 Å². The van der Waals surface area contributed by atoms with Gasteiger partial charge >= 0.3 is 0 Å². The van der Waals surface area contributed by atoms with Gasteiger partial charge in [-0.2, -0.15) is 0 Å². The molecular weight excluding hydrogens is 144 g/mol. The minimum absolute atomic E-state index is 0.0879. The Hall–Kier alpha value is -0.120. The predicted octanol–water partition coefficient (Wildman–Crippen LogP) is 1.07. The summed E-state index contributed by atoms with van der Waals surface area (Å²) >= 11 is 0. The van der Waals surface area contributed by atoms with Gasteiger partial charge in [-0.25, -0.2) is 0 Å². The van der Waals surface area contributed by atoms with Crippen molar-refractivity contribution < 1.29 is 14.2 Å². The van der Waals surface area contributed by atoms with E-state index in [-0.39, 0.29) is 6.10 Å². The van der Waals surface area contributed by atoms with Gasteiger partial charge in [0.1, 0.15) is 6.10 Å². The summed E-state index contributed by atoms with van der Waals surface area (Å²) < 4.78 is 15.3. The van der Waals surface area contributed by atoms with E-state index >= 15 is 0 Å². The van der Waals surface area contributed by atoms with Crippen LogP contribution in [-0.2, 0) is 14.2 Å². The number of rotatable bonds is 7. The van der Waals surface area contributed by atoms with Gasteiger partial charge in [-0.05, 0) is 6.42 Å². The third kappa shape index (κ3) is 6.28. The molecule has 0 saturated heterocycles. The molecule has 0 rings (SSSR count). The molecule has 0 aliphatic heterocycles. The van der Waals surface area contributed by atoms with E-state index in [4.69, 9.17) is 14.2 Å². The molecule has 0 N–H and O–H groups in total. The maximum absolute atomic E-state index is 5.42. The Morgan fingerprint density at radius 1 is 1.09 bits per heavy atom. The van der Waals surface area contributed by atoms with Crippen LogP contribution in [0.1, 0.15) is 13.3 Å². The van der Waals surface area contributed by atoms with Crippen molar-refractivity contribution in [3.05, 3.63) is 0 Å². The zero-order valence-electron chi connectivity index (χ0n) is 7.63. The number of methoxy groups -OCH3 is 2. The summed E-state index contributed by atoms with van der Waals surface area (Å²) in [5.74, 6) is 0. The van der Waals surface area contributed by atoms with Crippen LogP contribution in [0.25, 0.3) is 0 Å². The topological polar surface area (TPSA) is 27.7 Å². The van der Waals surface area contributed by atoms with Crippen molar-refractivity contribution in [3.8, 4) is 0 Å². The molecule has 0 aliphatic rings. The normalized spacial score (nSPS) is 10.9. The molecule has 11 heavy (non-hydrogen) atoms. The third-order valence-electron chi connectivity index (χ3n) is 1.26. The minimum Gasteiger partial charge on any atom is -0.382 e. The van der Waals surface area contributed by atoms with E-state index in [1.54, 1.807) is 14.2 Å². The molecule has 0 unspecified atom stereocenters. The molecule has 0 amide bonds. The van der Waals surface area contributed by atoms with Gasteiger partial charge in [-0.1, -0.05) is 6.92 Å². The van der Waals surface area contributed by atoms with Crippen molar-refractivity contribution >= 4 is 0 Å². The molecule has 0 atom stereocenters. The van der Waals surface area contributed by atoms with E-state index < -0.39 is 0 Å². The van der Waals surface area contributed by atoms with Crippen molar-refractivity contribution in [1.82, 2.24) is 0 Å². The zero-order chi connectivity index (χ0) is 8.53. The summed E-state index contributed by atoms with van der Waals surface area (Å²) in [6.45, 7) is 4.07. The van der Waals surface area contributed by atoms with Crippen molar-refractivity contribution in [2.45, 2.75) is 19.4 Å². The lowest BCUT2D eigenvalue weighted by atomic mass is 10.4. The molecule has 3 nitrogen and oxygen atoms in total. The highest BCUT2D eigenvalue weighted by Crippen LogP contribution is 1.94. The minimum atomic E-state index is 0.0879. The number of hydrogen-bond acceptors (Lipinski definition) is 3. The number of ether oxygens (including phenoxy) is 3. The SMILES string of the molecule is CCCOC(COC)COC.